The molecule has 0 aliphatic rings. The number of hydrogen-bond acceptors (Lipinski definition) is 4. The average Bonchev–Trinajstić information content (AvgIpc) is 2.37. The molecule has 0 aliphatic heterocycles. The molecule has 7 heteroatoms. The summed E-state index contributed by atoms with van der Waals surface area (Å²) in [5.41, 5.74) is 5.48. The second-order valence-corrected chi connectivity index (χ2v) is 3.77. The topological polar surface area (TPSA) is 93.4 Å². The number of primary amides is 1. The van der Waals surface area contributed by atoms with Crippen LogP contribution in [-0.4, -0.2) is 32.2 Å². The average molecular weight is 269 g/mol. The Bertz CT molecular complexity index is 466. The van der Waals surface area contributed by atoms with E-state index in [1.165, 1.54) is 19.2 Å². The first-order chi connectivity index (χ1) is 9.04. The Morgan fingerprint density at radius 3 is 2.68 bits per heavy atom. The third kappa shape index (κ3) is 4.92. The predicted molar refractivity (Wildman–Crippen MR) is 67.0 cm³/mol. The summed E-state index contributed by atoms with van der Waals surface area (Å²) in [5.74, 6) is -1.33. The highest BCUT2D eigenvalue weighted by atomic mass is 19.1. The second-order valence-electron chi connectivity index (χ2n) is 3.77. The molecular formula is C12H16FN3O3. The van der Waals surface area contributed by atoms with Crippen molar-refractivity contribution in [3.63, 3.8) is 0 Å². The molecule has 0 unspecified atom stereocenters. The molecule has 1 rings (SSSR count). The highest BCUT2D eigenvalue weighted by Crippen LogP contribution is 2.11. The van der Waals surface area contributed by atoms with Gasteiger partial charge in [-0.25, -0.2) is 14.0 Å². The van der Waals surface area contributed by atoms with E-state index in [1.54, 1.807) is 6.07 Å². The molecule has 6 nitrogen and oxygen atoms in total. The molecule has 0 saturated carbocycles. The molecule has 0 atom stereocenters. The molecule has 1 aromatic rings. The second kappa shape index (κ2) is 7.32. The van der Waals surface area contributed by atoms with Gasteiger partial charge in [0.1, 0.15) is 5.82 Å². The minimum absolute atomic E-state index is 0.0957. The fourth-order valence-electron chi connectivity index (χ4n) is 1.45. The van der Waals surface area contributed by atoms with E-state index in [9.17, 15) is 14.0 Å². The zero-order chi connectivity index (χ0) is 14.3. The van der Waals surface area contributed by atoms with E-state index in [0.29, 0.717) is 25.2 Å². The third-order valence-corrected chi connectivity index (χ3v) is 2.37. The van der Waals surface area contributed by atoms with Crippen LogP contribution < -0.4 is 16.4 Å². The van der Waals surface area contributed by atoms with Gasteiger partial charge in [-0.15, -0.1) is 0 Å². The number of nitrogens with two attached hydrogens (primary N) is 1. The Hall–Kier alpha value is -2.15. The van der Waals surface area contributed by atoms with E-state index in [0.717, 1.165) is 0 Å². The summed E-state index contributed by atoms with van der Waals surface area (Å²) >= 11 is 0. The maximum absolute atomic E-state index is 13.6. The fourth-order valence-corrected chi connectivity index (χ4v) is 1.45. The molecule has 0 fully saturated rings. The van der Waals surface area contributed by atoms with Crippen LogP contribution in [0, 0.1) is 5.82 Å². The van der Waals surface area contributed by atoms with Gasteiger partial charge in [-0.3, -0.25) is 0 Å². The van der Waals surface area contributed by atoms with E-state index >= 15 is 0 Å². The SMILES string of the molecule is COC(=O)c1ccc(CNCCNC(N)=O)cc1F. The van der Waals surface area contributed by atoms with E-state index < -0.39 is 17.8 Å². The normalized spacial score (nSPS) is 10.0. The molecule has 2 amide bonds. The summed E-state index contributed by atoms with van der Waals surface area (Å²) in [5, 5.41) is 5.41. The maximum Gasteiger partial charge on any atom is 0.340 e. The predicted octanol–water partition coefficient (Wildman–Crippen LogP) is 0.370. The Morgan fingerprint density at radius 1 is 1.37 bits per heavy atom. The van der Waals surface area contributed by atoms with Crippen molar-refractivity contribution in [1.29, 1.82) is 0 Å². The van der Waals surface area contributed by atoms with Gasteiger partial charge in [0.15, 0.2) is 0 Å². The lowest BCUT2D eigenvalue weighted by Gasteiger charge is -2.07. The van der Waals surface area contributed by atoms with Crippen LogP contribution in [0.15, 0.2) is 18.2 Å². The summed E-state index contributed by atoms with van der Waals surface area (Å²) in [6, 6.07) is 3.68. The summed E-state index contributed by atoms with van der Waals surface area (Å²) in [7, 11) is 1.20. The number of urea groups is 1. The van der Waals surface area contributed by atoms with Crippen LogP contribution in [0.4, 0.5) is 9.18 Å². The largest absolute Gasteiger partial charge is 0.465 e. The van der Waals surface area contributed by atoms with Gasteiger partial charge in [0.05, 0.1) is 12.7 Å². The van der Waals surface area contributed by atoms with Gasteiger partial charge in [-0.2, -0.15) is 0 Å². The lowest BCUT2D eigenvalue weighted by molar-refractivity contribution is 0.0595. The van der Waals surface area contributed by atoms with Crippen LogP contribution in [0.2, 0.25) is 0 Å². The number of rotatable bonds is 6. The molecule has 0 bridgehead atoms. The van der Waals surface area contributed by atoms with Gasteiger partial charge < -0.3 is 21.1 Å². The summed E-state index contributed by atoms with van der Waals surface area (Å²) in [6.45, 7) is 1.31. The van der Waals surface area contributed by atoms with E-state index in [1.807, 2.05) is 0 Å². The quantitative estimate of drug-likeness (QED) is 0.514. The number of esters is 1. The molecule has 0 radical (unpaired) electrons. The van der Waals surface area contributed by atoms with Crippen molar-refractivity contribution in [2.45, 2.75) is 6.54 Å². The number of halogens is 1. The van der Waals surface area contributed by atoms with Crippen molar-refractivity contribution in [2.75, 3.05) is 20.2 Å². The number of carbonyl (C=O) groups is 2. The third-order valence-electron chi connectivity index (χ3n) is 2.37. The van der Waals surface area contributed by atoms with Gasteiger partial charge in [0, 0.05) is 19.6 Å². The summed E-state index contributed by atoms with van der Waals surface area (Å²) < 4.78 is 18.0. The number of nitrogens with one attached hydrogen (secondary N) is 2. The monoisotopic (exact) mass is 269 g/mol. The Kier molecular flexibility index (Phi) is 5.74. The molecule has 0 saturated heterocycles. The highest BCUT2D eigenvalue weighted by Gasteiger charge is 2.11. The Morgan fingerprint density at radius 2 is 2.11 bits per heavy atom. The molecular weight excluding hydrogens is 253 g/mol. The van der Waals surface area contributed by atoms with Gasteiger partial charge in [0.2, 0.25) is 0 Å². The first kappa shape index (κ1) is 14.9. The van der Waals surface area contributed by atoms with E-state index in [2.05, 4.69) is 15.4 Å². The molecule has 0 spiro atoms. The van der Waals surface area contributed by atoms with Crippen molar-refractivity contribution >= 4 is 12.0 Å². The van der Waals surface area contributed by atoms with E-state index in [4.69, 9.17) is 5.73 Å². The lowest BCUT2D eigenvalue weighted by Crippen LogP contribution is -2.35. The number of methoxy groups -OCH3 is 1. The van der Waals surface area contributed by atoms with Gasteiger partial charge in [-0.05, 0) is 17.7 Å². The minimum Gasteiger partial charge on any atom is -0.465 e. The van der Waals surface area contributed by atoms with Crippen LogP contribution in [0.3, 0.4) is 0 Å². The maximum atomic E-state index is 13.6. The van der Waals surface area contributed by atoms with Crippen molar-refractivity contribution < 1.29 is 18.7 Å². The summed E-state index contributed by atoms with van der Waals surface area (Å²) in [6.07, 6.45) is 0. The first-order valence-corrected chi connectivity index (χ1v) is 5.65. The number of hydrogen-bond donors (Lipinski definition) is 3. The van der Waals surface area contributed by atoms with Crippen molar-refractivity contribution in [2.24, 2.45) is 5.73 Å². The van der Waals surface area contributed by atoms with Crippen molar-refractivity contribution in [1.82, 2.24) is 10.6 Å². The minimum atomic E-state index is -0.706. The van der Waals surface area contributed by atoms with Crippen LogP contribution >= 0.6 is 0 Å². The number of ether oxygens (including phenoxy) is 1. The van der Waals surface area contributed by atoms with Crippen LogP contribution in [0.1, 0.15) is 15.9 Å². The van der Waals surface area contributed by atoms with Gasteiger partial charge in [-0.1, -0.05) is 6.07 Å². The number of amides is 2. The number of benzene rings is 1. The van der Waals surface area contributed by atoms with Gasteiger partial charge in [0.25, 0.3) is 0 Å². The van der Waals surface area contributed by atoms with Crippen molar-refractivity contribution in [3.8, 4) is 0 Å². The summed E-state index contributed by atoms with van der Waals surface area (Å²) in [4.78, 5) is 21.6. The van der Waals surface area contributed by atoms with Crippen LogP contribution in [-0.2, 0) is 11.3 Å². The van der Waals surface area contributed by atoms with Gasteiger partial charge >= 0.3 is 12.0 Å². The Balaban J connectivity index is 2.45. The molecule has 0 aromatic heterocycles. The fraction of sp³-hybridized carbons (Fsp3) is 0.333. The molecule has 0 heterocycles. The molecule has 1 aromatic carbocycles. The zero-order valence-corrected chi connectivity index (χ0v) is 10.5. The smallest absolute Gasteiger partial charge is 0.340 e. The Labute approximate surface area is 110 Å². The molecule has 19 heavy (non-hydrogen) atoms. The van der Waals surface area contributed by atoms with Crippen LogP contribution in [0.25, 0.3) is 0 Å². The zero-order valence-electron chi connectivity index (χ0n) is 10.5. The van der Waals surface area contributed by atoms with Crippen molar-refractivity contribution in [3.05, 3.63) is 35.1 Å². The molecule has 4 N–H and O–H groups in total. The first-order valence-electron chi connectivity index (χ1n) is 5.65. The standard InChI is InChI=1S/C12H16FN3O3/c1-19-11(17)9-3-2-8(6-10(9)13)7-15-4-5-16-12(14)18/h2-3,6,15H,4-5,7H2,1H3,(H3,14,16,18). The molecule has 0 aliphatic carbocycles. The van der Waals surface area contributed by atoms with Crippen LogP contribution in [0.5, 0.6) is 0 Å². The number of carbonyl (C=O) groups excluding carboxylic acids is 2. The highest BCUT2D eigenvalue weighted by molar-refractivity contribution is 5.89. The lowest BCUT2D eigenvalue weighted by atomic mass is 10.1. The van der Waals surface area contributed by atoms with E-state index in [-0.39, 0.29) is 5.56 Å². The molecule has 104 valence electrons.